The first kappa shape index (κ1) is 7.46. The fraction of sp³-hybridized carbons (Fsp3) is 0.167. The second-order valence-corrected chi connectivity index (χ2v) is 2.06. The summed E-state index contributed by atoms with van der Waals surface area (Å²) >= 11 is 0. The third-order valence-corrected chi connectivity index (χ3v) is 1.39. The number of carbonyl (C=O) groups excluding carboxylic acids is 1. The van der Waals surface area contributed by atoms with Crippen LogP contribution in [0.3, 0.4) is 0 Å². The Labute approximate surface area is 62.5 Å². The topological polar surface area (TPSA) is 78.0 Å². The molecule has 1 aromatic rings. The number of aromatic nitrogens is 2. The molecule has 0 saturated carbocycles. The molecule has 0 aliphatic heterocycles. The lowest BCUT2D eigenvalue weighted by molar-refractivity contribution is 0.112. The Morgan fingerprint density at radius 2 is 2.36 bits per heavy atom. The van der Waals surface area contributed by atoms with Gasteiger partial charge in [-0.15, -0.1) is 0 Å². The van der Waals surface area contributed by atoms with Crippen LogP contribution in [0.1, 0.15) is 10.4 Å². The second-order valence-electron chi connectivity index (χ2n) is 2.06. The number of anilines is 1. The van der Waals surface area contributed by atoms with Crippen molar-refractivity contribution in [2.24, 2.45) is 7.05 Å². The van der Waals surface area contributed by atoms with Crippen LogP contribution in [0.2, 0.25) is 0 Å². The molecule has 0 saturated heterocycles. The number of nitrogen functional groups attached to an aromatic ring is 1. The maximum atomic E-state index is 10.8. The minimum absolute atomic E-state index is 0.139. The summed E-state index contributed by atoms with van der Waals surface area (Å²) in [4.78, 5) is 24.4. The Morgan fingerprint density at radius 3 is 2.91 bits per heavy atom. The van der Waals surface area contributed by atoms with Gasteiger partial charge in [0.15, 0.2) is 6.29 Å². The molecule has 58 valence electrons. The summed E-state index contributed by atoms with van der Waals surface area (Å²) in [6, 6.07) is 0. The highest BCUT2D eigenvalue weighted by atomic mass is 16.1. The van der Waals surface area contributed by atoms with Gasteiger partial charge < -0.3 is 5.73 Å². The summed E-state index contributed by atoms with van der Waals surface area (Å²) in [6.45, 7) is 0. The lowest BCUT2D eigenvalue weighted by atomic mass is 10.3. The van der Waals surface area contributed by atoms with Crippen LogP contribution in [0, 0.1) is 0 Å². The minimum Gasteiger partial charge on any atom is -0.384 e. The Hall–Kier alpha value is -1.65. The van der Waals surface area contributed by atoms with Crippen LogP contribution >= 0.6 is 0 Å². The number of rotatable bonds is 1. The van der Waals surface area contributed by atoms with Crippen molar-refractivity contribution >= 4 is 12.1 Å². The minimum atomic E-state index is -0.465. The number of hydrogen-bond donors (Lipinski definition) is 1. The monoisotopic (exact) mass is 153 g/mol. The fourth-order valence-electron chi connectivity index (χ4n) is 0.665. The normalized spacial score (nSPS) is 9.55. The van der Waals surface area contributed by atoms with Gasteiger partial charge in [0.2, 0.25) is 0 Å². The van der Waals surface area contributed by atoms with Gasteiger partial charge in [0.05, 0.1) is 5.56 Å². The van der Waals surface area contributed by atoms with E-state index in [1.54, 1.807) is 0 Å². The molecular weight excluding hydrogens is 146 g/mol. The van der Waals surface area contributed by atoms with Gasteiger partial charge in [0, 0.05) is 13.2 Å². The van der Waals surface area contributed by atoms with Crippen molar-refractivity contribution in [1.29, 1.82) is 0 Å². The molecule has 0 fully saturated rings. The molecule has 0 bridgehead atoms. The highest BCUT2D eigenvalue weighted by Gasteiger charge is 2.01. The van der Waals surface area contributed by atoms with E-state index in [-0.39, 0.29) is 11.4 Å². The molecule has 11 heavy (non-hydrogen) atoms. The molecule has 2 N–H and O–H groups in total. The Morgan fingerprint density at radius 1 is 1.73 bits per heavy atom. The first-order valence-corrected chi connectivity index (χ1v) is 2.93. The van der Waals surface area contributed by atoms with Gasteiger partial charge in [0.1, 0.15) is 5.82 Å². The van der Waals surface area contributed by atoms with E-state index in [1.807, 2.05) is 0 Å². The van der Waals surface area contributed by atoms with Crippen molar-refractivity contribution in [3.05, 3.63) is 22.2 Å². The zero-order valence-electron chi connectivity index (χ0n) is 5.94. The molecule has 0 spiro atoms. The Bertz CT molecular complexity index is 342. The van der Waals surface area contributed by atoms with Gasteiger partial charge in [-0.2, -0.15) is 0 Å². The lowest BCUT2D eigenvalue weighted by Gasteiger charge is -2.01. The van der Waals surface area contributed by atoms with Crippen LogP contribution < -0.4 is 11.4 Å². The van der Waals surface area contributed by atoms with Crippen LogP contribution in [0.4, 0.5) is 5.82 Å². The molecule has 0 unspecified atom stereocenters. The van der Waals surface area contributed by atoms with Gasteiger partial charge in [-0.05, 0) is 0 Å². The van der Waals surface area contributed by atoms with Crippen molar-refractivity contribution in [1.82, 2.24) is 9.55 Å². The van der Waals surface area contributed by atoms with E-state index in [2.05, 4.69) is 4.98 Å². The smallest absolute Gasteiger partial charge is 0.348 e. The molecular formula is C6H7N3O2. The van der Waals surface area contributed by atoms with Crippen molar-refractivity contribution < 1.29 is 4.79 Å². The number of nitrogens with two attached hydrogens (primary N) is 1. The largest absolute Gasteiger partial charge is 0.384 e. The van der Waals surface area contributed by atoms with Crippen molar-refractivity contribution in [2.45, 2.75) is 0 Å². The molecule has 5 nitrogen and oxygen atoms in total. The molecule has 0 atom stereocenters. The number of carbonyl (C=O) groups is 1. The van der Waals surface area contributed by atoms with Gasteiger partial charge in [-0.1, -0.05) is 0 Å². The van der Waals surface area contributed by atoms with E-state index in [1.165, 1.54) is 7.05 Å². The van der Waals surface area contributed by atoms with Crippen molar-refractivity contribution in [3.8, 4) is 0 Å². The molecule has 0 aromatic carbocycles. The molecule has 5 heteroatoms. The van der Waals surface area contributed by atoms with Crippen LogP contribution in [0.15, 0.2) is 11.0 Å². The maximum absolute atomic E-state index is 10.8. The average molecular weight is 153 g/mol. The van der Waals surface area contributed by atoms with Gasteiger partial charge in [-0.25, -0.2) is 9.78 Å². The molecule has 0 radical (unpaired) electrons. The predicted octanol–water partition coefficient (Wildman–Crippen LogP) is -0.825. The lowest BCUT2D eigenvalue weighted by Crippen LogP contribution is -2.23. The first-order chi connectivity index (χ1) is 5.16. The molecule has 0 amide bonds. The van der Waals surface area contributed by atoms with Crippen molar-refractivity contribution in [2.75, 3.05) is 5.73 Å². The fourth-order valence-corrected chi connectivity index (χ4v) is 0.665. The SMILES string of the molecule is Cn1c(N)c(C=O)cnc1=O. The zero-order valence-corrected chi connectivity index (χ0v) is 5.94. The maximum Gasteiger partial charge on any atom is 0.348 e. The predicted molar refractivity (Wildman–Crippen MR) is 39.3 cm³/mol. The molecule has 1 heterocycles. The summed E-state index contributed by atoms with van der Waals surface area (Å²) in [5.74, 6) is 0.139. The quantitative estimate of drug-likeness (QED) is 0.534. The van der Waals surface area contributed by atoms with Crippen LogP contribution in [-0.4, -0.2) is 15.8 Å². The van der Waals surface area contributed by atoms with E-state index in [4.69, 9.17) is 5.73 Å². The van der Waals surface area contributed by atoms with E-state index >= 15 is 0 Å². The van der Waals surface area contributed by atoms with Crippen molar-refractivity contribution in [3.63, 3.8) is 0 Å². The zero-order chi connectivity index (χ0) is 8.43. The highest BCUT2D eigenvalue weighted by molar-refractivity contribution is 5.80. The molecule has 0 aliphatic rings. The van der Waals surface area contributed by atoms with Gasteiger partial charge in [-0.3, -0.25) is 9.36 Å². The first-order valence-electron chi connectivity index (χ1n) is 2.93. The van der Waals surface area contributed by atoms with Crippen LogP contribution in [-0.2, 0) is 7.05 Å². The average Bonchev–Trinajstić information content (AvgIpc) is 2.01. The number of aldehydes is 1. The third-order valence-electron chi connectivity index (χ3n) is 1.39. The molecule has 1 aromatic heterocycles. The van der Waals surface area contributed by atoms with Gasteiger partial charge >= 0.3 is 5.69 Å². The van der Waals surface area contributed by atoms with E-state index in [9.17, 15) is 9.59 Å². The van der Waals surface area contributed by atoms with E-state index in [0.717, 1.165) is 10.8 Å². The summed E-state index contributed by atoms with van der Waals surface area (Å²) in [6.07, 6.45) is 1.71. The summed E-state index contributed by atoms with van der Waals surface area (Å²) < 4.78 is 1.11. The standard InChI is InChI=1S/C6H7N3O2/c1-9-5(7)4(3-10)2-8-6(9)11/h2-3H,7H2,1H3. The van der Waals surface area contributed by atoms with E-state index < -0.39 is 5.69 Å². The third kappa shape index (κ3) is 1.12. The number of hydrogen-bond acceptors (Lipinski definition) is 4. The Kier molecular flexibility index (Phi) is 1.72. The Balaban J connectivity index is 3.48. The summed E-state index contributed by atoms with van der Waals surface area (Å²) in [7, 11) is 1.46. The molecule has 1 rings (SSSR count). The molecule has 0 aliphatic carbocycles. The van der Waals surface area contributed by atoms with Crippen LogP contribution in [0.5, 0.6) is 0 Å². The van der Waals surface area contributed by atoms with Gasteiger partial charge in [0.25, 0.3) is 0 Å². The second kappa shape index (κ2) is 2.53. The summed E-state index contributed by atoms with van der Waals surface area (Å²) in [5, 5.41) is 0. The number of nitrogens with zero attached hydrogens (tertiary/aromatic N) is 2. The highest BCUT2D eigenvalue weighted by Crippen LogP contribution is 2.00. The summed E-state index contributed by atoms with van der Waals surface area (Å²) in [5.41, 5.74) is 5.15. The van der Waals surface area contributed by atoms with Crippen LogP contribution in [0.25, 0.3) is 0 Å². The van der Waals surface area contributed by atoms with E-state index in [0.29, 0.717) is 6.29 Å².